The van der Waals surface area contributed by atoms with E-state index in [1.807, 2.05) is 89.2 Å². The van der Waals surface area contributed by atoms with Gasteiger partial charge in [0.2, 0.25) is 17.7 Å². The lowest BCUT2D eigenvalue weighted by molar-refractivity contribution is -0.131. The highest BCUT2D eigenvalue weighted by atomic mass is 16.6. The summed E-state index contributed by atoms with van der Waals surface area (Å²) in [4.78, 5) is 52.6. The second-order valence-corrected chi connectivity index (χ2v) is 16.1. The molecular weight excluding hydrogens is 670 g/mol. The smallest absolute Gasteiger partial charge is 0.407 e. The van der Waals surface area contributed by atoms with Gasteiger partial charge in [-0.3, -0.25) is 14.4 Å². The van der Waals surface area contributed by atoms with Crippen molar-refractivity contribution in [2.75, 3.05) is 0 Å². The average Bonchev–Trinajstić information content (AvgIpc) is 3.10. The van der Waals surface area contributed by atoms with Gasteiger partial charge in [-0.25, -0.2) is 4.79 Å². The predicted molar refractivity (Wildman–Crippen MR) is 208 cm³/mol. The molecule has 2 aromatic rings. The minimum atomic E-state index is -1.12. The summed E-state index contributed by atoms with van der Waals surface area (Å²) in [6, 6.07) is 15.9. The average molecular weight is 736 g/mol. The maximum atomic E-state index is 13.4. The number of hydrogen-bond acceptors (Lipinski definition) is 7. The highest BCUT2D eigenvalue weighted by Crippen LogP contribution is 2.28. The van der Waals surface area contributed by atoms with Crippen molar-refractivity contribution in [3.63, 3.8) is 0 Å². The standard InChI is InChI=1S/C42H65N5O6/c1-29(2)22-36(40(51)44-28-33-19-12-18-32(23-33)27-43)47-39(50)26-37(48)35(25-31-16-10-7-11-17-31)46-38(49)21-13-20-34(24-30-14-8-6-9-15-30)45-41(52)53-42(3,4)5/h6,8-9,12,14-15,18-19,23,29,31,34-37,48H,7,10-11,13,16-17,20-22,24-28,43H2,1-5H3,(H,44,51)(H,45,52)(H,46,49)(H,47,50)/t34-,35?,36+,37-/m1/s1. The van der Waals surface area contributed by atoms with Crippen molar-refractivity contribution >= 4 is 23.8 Å². The number of nitrogens with two attached hydrogens (primary N) is 1. The first-order chi connectivity index (χ1) is 25.2. The summed E-state index contributed by atoms with van der Waals surface area (Å²) in [5.74, 6) is -0.461. The summed E-state index contributed by atoms with van der Waals surface area (Å²) in [5, 5.41) is 23.2. The van der Waals surface area contributed by atoms with E-state index in [4.69, 9.17) is 10.5 Å². The summed E-state index contributed by atoms with van der Waals surface area (Å²) in [6.07, 6.45) is 6.45. The van der Waals surface area contributed by atoms with E-state index in [1.165, 1.54) is 6.42 Å². The first kappa shape index (κ1) is 43.4. The molecule has 0 spiro atoms. The lowest BCUT2D eigenvalue weighted by Gasteiger charge is -2.30. The number of amides is 4. The van der Waals surface area contributed by atoms with E-state index < -0.39 is 35.8 Å². The van der Waals surface area contributed by atoms with Crippen molar-refractivity contribution < 1.29 is 29.0 Å². The Morgan fingerprint density at radius 3 is 2.23 bits per heavy atom. The molecule has 1 aliphatic carbocycles. The third-order valence-corrected chi connectivity index (χ3v) is 9.57. The van der Waals surface area contributed by atoms with Crippen LogP contribution in [0.25, 0.3) is 0 Å². The monoisotopic (exact) mass is 735 g/mol. The normalized spacial score (nSPS) is 15.8. The highest BCUT2D eigenvalue weighted by Gasteiger charge is 2.30. The Kier molecular flexibility index (Phi) is 18.3. The molecule has 0 aromatic heterocycles. The van der Waals surface area contributed by atoms with Gasteiger partial charge in [0.1, 0.15) is 11.6 Å². The van der Waals surface area contributed by atoms with Crippen molar-refractivity contribution in [1.29, 1.82) is 0 Å². The fourth-order valence-corrected chi connectivity index (χ4v) is 6.95. The Hall–Kier alpha value is -3.96. The minimum Gasteiger partial charge on any atom is -0.444 e. The fourth-order valence-electron chi connectivity index (χ4n) is 6.95. The number of alkyl carbamates (subject to hydrolysis) is 1. The number of carbonyl (C=O) groups excluding carboxylic acids is 4. The molecule has 7 N–H and O–H groups in total. The molecule has 3 rings (SSSR count). The lowest BCUT2D eigenvalue weighted by Crippen LogP contribution is -2.50. The number of benzene rings is 2. The van der Waals surface area contributed by atoms with Crippen LogP contribution in [0.2, 0.25) is 0 Å². The van der Waals surface area contributed by atoms with E-state index in [0.29, 0.717) is 51.1 Å². The second-order valence-electron chi connectivity index (χ2n) is 16.1. The van der Waals surface area contributed by atoms with E-state index in [2.05, 4.69) is 21.3 Å². The van der Waals surface area contributed by atoms with Gasteiger partial charge in [-0.15, -0.1) is 0 Å². The first-order valence-corrected chi connectivity index (χ1v) is 19.6. The van der Waals surface area contributed by atoms with Crippen molar-refractivity contribution in [2.24, 2.45) is 17.6 Å². The van der Waals surface area contributed by atoms with Crippen LogP contribution in [-0.2, 0) is 38.6 Å². The van der Waals surface area contributed by atoms with Crippen LogP contribution in [0.3, 0.4) is 0 Å². The molecule has 0 heterocycles. The molecule has 4 amide bonds. The van der Waals surface area contributed by atoms with Crippen molar-refractivity contribution in [2.45, 2.75) is 155 Å². The maximum absolute atomic E-state index is 13.4. The van der Waals surface area contributed by atoms with Crippen LogP contribution in [0.5, 0.6) is 0 Å². The molecule has 0 radical (unpaired) electrons. The predicted octanol–water partition coefficient (Wildman–Crippen LogP) is 5.80. The minimum absolute atomic E-state index is 0.140. The summed E-state index contributed by atoms with van der Waals surface area (Å²) in [6.45, 7) is 10.1. The van der Waals surface area contributed by atoms with Crippen LogP contribution in [0.4, 0.5) is 4.79 Å². The van der Waals surface area contributed by atoms with Crippen LogP contribution in [0, 0.1) is 11.8 Å². The zero-order valence-electron chi connectivity index (χ0n) is 32.6. The zero-order valence-corrected chi connectivity index (χ0v) is 32.6. The zero-order chi connectivity index (χ0) is 38.8. The van der Waals surface area contributed by atoms with Gasteiger partial charge in [-0.05, 0) is 81.4 Å². The third kappa shape index (κ3) is 17.6. The number of carbonyl (C=O) groups is 4. The van der Waals surface area contributed by atoms with Crippen LogP contribution >= 0.6 is 0 Å². The summed E-state index contributed by atoms with van der Waals surface area (Å²) >= 11 is 0. The second kappa shape index (κ2) is 22.3. The molecule has 11 nitrogen and oxygen atoms in total. The highest BCUT2D eigenvalue weighted by molar-refractivity contribution is 5.87. The Morgan fingerprint density at radius 1 is 0.887 bits per heavy atom. The van der Waals surface area contributed by atoms with Crippen molar-refractivity contribution in [3.05, 3.63) is 71.3 Å². The Balaban J connectivity index is 1.60. The van der Waals surface area contributed by atoms with E-state index in [1.54, 1.807) is 0 Å². The third-order valence-electron chi connectivity index (χ3n) is 9.57. The van der Waals surface area contributed by atoms with Crippen LogP contribution in [-0.4, -0.2) is 58.8 Å². The Bertz CT molecular complexity index is 1420. The molecular formula is C42H65N5O6. The van der Waals surface area contributed by atoms with Gasteiger partial charge in [0, 0.05) is 25.6 Å². The maximum Gasteiger partial charge on any atom is 0.407 e. The van der Waals surface area contributed by atoms with Gasteiger partial charge in [0.05, 0.1) is 18.6 Å². The largest absolute Gasteiger partial charge is 0.444 e. The quantitative estimate of drug-likeness (QED) is 0.0997. The number of ether oxygens (including phenoxy) is 1. The molecule has 1 unspecified atom stereocenters. The Labute approximate surface area is 317 Å². The van der Waals surface area contributed by atoms with Gasteiger partial charge in [0.15, 0.2) is 0 Å². The summed E-state index contributed by atoms with van der Waals surface area (Å²) in [5.41, 5.74) is 8.08. The van der Waals surface area contributed by atoms with Crippen molar-refractivity contribution in [1.82, 2.24) is 21.3 Å². The lowest BCUT2D eigenvalue weighted by atomic mass is 9.83. The van der Waals surface area contributed by atoms with E-state index in [9.17, 15) is 24.3 Å². The number of rotatable bonds is 20. The van der Waals surface area contributed by atoms with E-state index in [0.717, 1.165) is 42.4 Å². The van der Waals surface area contributed by atoms with E-state index in [-0.39, 0.29) is 36.6 Å². The van der Waals surface area contributed by atoms with Gasteiger partial charge in [-0.1, -0.05) is 101 Å². The van der Waals surface area contributed by atoms with Gasteiger partial charge in [-0.2, -0.15) is 0 Å². The topological polar surface area (TPSA) is 172 Å². The summed E-state index contributed by atoms with van der Waals surface area (Å²) < 4.78 is 5.49. The fraction of sp³-hybridized carbons (Fsp3) is 0.619. The molecule has 53 heavy (non-hydrogen) atoms. The molecule has 1 aliphatic rings. The molecule has 11 heteroatoms. The van der Waals surface area contributed by atoms with Crippen molar-refractivity contribution in [3.8, 4) is 0 Å². The van der Waals surface area contributed by atoms with Crippen LogP contribution in [0.1, 0.15) is 122 Å². The Morgan fingerprint density at radius 2 is 1.57 bits per heavy atom. The van der Waals surface area contributed by atoms with Gasteiger partial charge >= 0.3 is 6.09 Å². The molecule has 4 atom stereocenters. The summed E-state index contributed by atoms with van der Waals surface area (Å²) in [7, 11) is 0. The molecule has 2 aromatic carbocycles. The first-order valence-electron chi connectivity index (χ1n) is 19.6. The molecule has 294 valence electrons. The van der Waals surface area contributed by atoms with Gasteiger partial charge in [0.25, 0.3) is 0 Å². The molecule has 0 saturated heterocycles. The van der Waals surface area contributed by atoms with E-state index >= 15 is 0 Å². The molecule has 1 saturated carbocycles. The molecule has 1 fully saturated rings. The number of aliphatic hydroxyl groups excluding tert-OH is 1. The molecule has 0 aliphatic heterocycles. The number of hydrogen-bond donors (Lipinski definition) is 6. The molecule has 0 bridgehead atoms. The van der Waals surface area contributed by atoms with Gasteiger partial charge < -0.3 is 36.8 Å². The van der Waals surface area contributed by atoms with Crippen LogP contribution in [0.15, 0.2) is 54.6 Å². The SMILES string of the molecule is CC(C)C[C@H](NC(=O)C[C@@H](O)C(CC1CCCCC1)NC(=O)CCC[C@H](Cc1ccccc1)NC(=O)OC(C)(C)C)C(=O)NCc1cccc(CN)c1. The van der Waals surface area contributed by atoms with Crippen LogP contribution < -0.4 is 27.0 Å². The number of aliphatic hydroxyl groups is 1. The number of nitrogens with one attached hydrogen (secondary N) is 4.